The first-order valence-corrected chi connectivity index (χ1v) is 6.28. The fourth-order valence-corrected chi connectivity index (χ4v) is 2.55. The molecule has 1 aromatic heterocycles. The van der Waals surface area contributed by atoms with Gasteiger partial charge in [0, 0.05) is 30.9 Å². The Hall–Kier alpha value is -0.870. The van der Waals surface area contributed by atoms with Crippen LogP contribution in [-0.4, -0.2) is 40.6 Å². The Morgan fingerprint density at radius 3 is 3.19 bits per heavy atom. The maximum absolute atomic E-state index is 5.62. The summed E-state index contributed by atoms with van der Waals surface area (Å²) in [6.45, 7) is 6.49. The van der Waals surface area contributed by atoms with Gasteiger partial charge in [-0.1, -0.05) is 6.92 Å². The molecule has 0 saturated carbocycles. The number of hydrogen-bond donors (Lipinski definition) is 1. The van der Waals surface area contributed by atoms with Gasteiger partial charge in [0.2, 0.25) is 0 Å². The first-order valence-electron chi connectivity index (χ1n) is 6.28. The fraction of sp³-hybridized carbons (Fsp3) is 0.750. The van der Waals surface area contributed by atoms with E-state index in [0.29, 0.717) is 12.6 Å². The first kappa shape index (κ1) is 11.6. The van der Waals surface area contributed by atoms with E-state index >= 15 is 0 Å². The van der Waals surface area contributed by atoms with Crippen molar-refractivity contribution in [3.63, 3.8) is 0 Å². The van der Waals surface area contributed by atoms with Crippen LogP contribution in [0.5, 0.6) is 0 Å². The van der Waals surface area contributed by atoms with Crippen LogP contribution in [0.15, 0.2) is 12.5 Å². The molecular weight excluding hydrogens is 200 g/mol. The van der Waals surface area contributed by atoms with E-state index < -0.39 is 0 Å². The van der Waals surface area contributed by atoms with Gasteiger partial charge in [-0.05, 0) is 32.5 Å². The maximum Gasteiger partial charge on any atom is 0.0951 e. The molecule has 1 saturated heterocycles. The standard InChI is InChI=1S/C12H22N4/c1-2-15-7-3-4-12(9-15)16-10-14-8-11(16)5-6-13/h8,10,12H,2-7,9,13H2,1H3. The summed E-state index contributed by atoms with van der Waals surface area (Å²) in [7, 11) is 0. The molecule has 1 aliphatic rings. The highest BCUT2D eigenvalue weighted by Gasteiger charge is 2.21. The van der Waals surface area contributed by atoms with E-state index in [9.17, 15) is 0 Å². The number of rotatable bonds is 4. The molecule has 1 unspecified atom stereocenters. The van der Waals surface area contributed by atoms with Crippen molar-refractivity contribution in [2.75, 3.05) is 26.2 Å². The summed E-state index contributed by atoms with van der Waals surface area (Å²) in [6.07, 6.45) is 7.42. The Morgan fingerprint density at radius 2 is 2.44 bits per heavy atom. The number of likely N-dealkylation sites (N-methyl/N-ethyl adjacent to an activating group) is 1. The fourth-order valence-electron chi connectivity index (χ4n) is 2.55. The Morgan fingerprint density at radius 1 is 1.56 bits per heavy atom. The van der Waals surface area contributed by atoms with Gasteiger partial charge in [-0.15, -0.1) is 0 Å². The Kier molecular flexibility index (Phi) is 3.96. The molecule has 0 amide bonds. The van der Waals surface area contributed by atoms with Crippen molar-refractivity contribution in [3.8, 4) is 0 Å². The molecule has 4 nitrogen and oxygen atoms in total. The number of nitrogens with zero attached hydrogens (tertiary/aromatic N) is 3. The highest BCUT2D eigenvalue weighted by Crippen LogP contribution is 2.22. The largest absolute Gasteiger partial charge is 0.330 e. The minimum atomic E-state index is 0.595. The van der Waals surface area contributed by atoms with Gasteiger partial charge in [-0.25, -0.2) is 4.98 Å². The van der Waals surface area contributed by atoms with E-state index in [1.807, 2.05) is 12.5 Å². The van der Waals surface area contributed by atoms with Crippen LogP contribution in [0.4, 0.5) is 0 Å². The first-order chi connectivity index (χ1) is 7.85. The molecular formula is C12H22N4. The number of hydrogen-bond acceptors (Lipinski definition) is 3. The van der Waals surface area contributed by atoms with E-state index in [1.54, 1.807) is 0 Å². The van der Waals surface area contributed by atoms with E-state index in [-0.39, 0.29) is 0 Å². The summed E-state index contributed by atoms with van der Waals surface area (Å²) in [5.41, 5.74) is 6.90. The number of likely N-dealkylation sites (tertiary alicyclic amines) is 1. The molecule has 2 heterocycles. The number of aromatic nitrogens is 2. The predicted molar refractivity (Wildman–Crippen MR) is 65.4 cm³/mol. The lowest BCUT2D eigenvalue weighted by Crippen LogP contribution is -2.36. The second-order valence-corrected chi connectivity index (χ2v) is 4.52. The molecule has 0 spiro atoms. The van der Waals surface area contributed by atoms with Crippen LogP contribution in [0.2, 0.25) is 0 Å². The zero-order chi connectivity index (χ0) is 11.4. The molecule has 16 heavy (non-hydrogen) atoms. The van der Waals surface area contributed by atoms with E-state index in [0.717, 1.165) is 19.5 Å². The lowest BCUT2D eigenvalue weighted by Gasteiger charge is -2.33. The summed E-state index contributed by atoms with van der Waals surface area (Å²) >= 11 is 0. The highest BCUT2D eigenvalue weighted by molar-refractivity contribution is 5.02. The second kappa shape index (κ2) is 5.46. The quantitative estimate of drug-likeness (QED) is 0.828. The van der Waals surface area contributed by atoms with Crippen LogP contribution >= 0.6 is 0 Å². The van der Waals surface area contributed by atoms with Crippen LogP contribution in [0.25, 0.3) is 0 Å². The summed E-state index contributed by atoms with van der Waals surface area (Å²) < 4.78 is 2.33. The average Bonchev–Trinajstić information content (AvgIpc) is 2.78. The molecule has 90 valence electrons. The predicted octanol–water partition coefficient (Wildman–Crippen LogP) is 1.04. The summed E-state index contributed by atoms with van der Waals surface area (Å²) in [5.74, 6) is 0. The van der Waals surface area contributed by atoms with Gasteiger partial charge in [0.25, 0.3) is 0 Å². The highest BCUT2D eigenvalue weighted by atomic mass is 15.2. The lowest BCUT2D eigenvalue weighted by molar-refractivity contribution is 0.183. The summed E-state index contributed by atoms with van der Waals surface area (Å²) in [5, 5.41) is 0. The number of nitrogens with two attached hydrogens (primary N) is 1. The topological polar surface area (TPSA) is 47.1 Å². The average molecular weight is 222 g/mol. The zero-order valence-electron chi connectivity index (χ0n) is 10.1. The zero-order valence-corrected chi connectivity index (χ0v) is 10.1. The van der Waals surface area contributed by atoms with Crippen molar-refractivity contribution in [2.45, 2.75) is 32.2 Å². The van der Waals surface area contributed by atoms with Crippen molar-refractivity contribution in [2.24, 2.45) is 5.73 Å². The van der Waals surface area contributed by atoms with Crippen LogP contribution in [0.3, 0.4) is 0 Å². The number of imidazole rings is 1. The lowest BCUT2D eigenvalue weighted by atomic mass is 10.1. The smallest absolute Gasteiger partial charge is 0.0951 e. The Balaban J connectivity index is 2.07. The summed E-state index contributed by atoms with van der Waals surface area (Å²) in [6, 6.07) is 0.595. The van der Waals surface area contributed by atoms with Crippen molar-refractivity contribution >= 4 is 0 Å². The SMILES string of the molecule is CCN1CCCC(n2cncc2CCN)C1. The molecule has 2 rings (SSSR count). The monoisotopic (exact) mass is 222 g/mol. The van der Waals surface area contributed by atoms with Crippen molar-refractivity contribution < 1.29 is 0 Å². The molecule has 0 aliphatic carbocycles. The van der Waals surface area contributed by atoms with Gasteiger partial charge in [0.15, 0.2) is 0 Å². The van der Waals surface area contributed by atoms with Gasteiger partial charge in [-0.2, -0.15) is 0 Å². The maximum atomic E-state index is 5.62. The second-order valence-electron chi connectivity index (χ2n) is 4.52. The van der Waals surface area contributed by atoms with Crippen LogP contribution in [0.1, 0.15) is 31.5 Å². The third kappa shape index (κ3) is 2.44. The third-order valence-corrected chi connectivity index (χ3v) is 3.47. The van der Waals surface area contributed by atoms with E-state index in [2.05, 4.69) is 21.4 Å². The molecule has 1 aliphatic heterocycles. The van der Waals surface area contributed by atoms with Crippen LogP contribution < -0.4 is 5.73 Å². The molecule has 1 atom stereocenters. The molecule has 2 N–H and O–H groups in total. The van der Waals surface area contributed by atoms with Gasteiger partial charge >= 0.3 is 0 Å². The van der Waals surface area contributed by atoms with Gasteiger partial charge in [-0.3, -0.25) is 0 Å². The Bertz CT molecular complexity index is 321. The van der Waals surface area contributed by atoms with E-state index in [1.165, 1.54) is 25.1 Å². The van der Waals surface area contributed by atoms with Gasteiger partial charge < -0.3 is 15.2 Å². The molecule has 0 radical (unpaired) electrons. The molecule has 1 aromatic rings. The van der Waals surface area contributed by atoms with Crippen LogP contribution in [-0.2, 0) is 6.42 Å². The van der Waals surface area contributed by atoms with Gasteiger partial charge in [0.05, 0.1) is 6.33 Å². The van der Waals surface area contributed by atoms with Crippen molar-refractivity contribution in [1.29, 1.82) is 0 Å². The molecule has 0 bridgehead atoms. The van der Waals surface area contributed by atoms with Crippen molar-refractivity contribution in [1.82, 2.24) is 14.5 Å². The molecule has 0 aromatic carbocycles. The Labute approximate surface area is 97.4 Å². The summed E-state index contributed by atoms with van der Waals surface area (Å²) in [4.78, 5) is 6.77. The van der Waals surface area contributed by atoms with E-state index in [4.69, 9.17) is 5.73 Å². The third-order valence-electron chi connectivity index (χ3n) is 3.47. The molecule has 1 fully saturated rings. The minimum absolute atomic E-state index is 0.595. The normalized spacial score (nSPS) is 22.5. The van der Waals surface area contributed by atoms with Crippen LogP contribution in [0, 0.1) is 0 Å². The molecule has 4 heteroatoms. The van der Waals surface area contributed by atoms with Gasteiger partial charge in [0.1, 0.15) is 0 Å². The van der Waals surface area contributed by atoms with Crippen molar-refractivity contribution in [3.05, 3.63) is 18.2 Å². The number of piperidine rings is 1. The minimum Gasteiger partial charge on any atom is -0.330 e.